The van der Waals surface area contributed by atoms with E-state index >= 15 is 0 Å². The van der Waals surface area contributed by atoms with Crippen molar-refractivity contribution in [3.8, 4) is 11.8 Å². The first-order valence-corrected chi connectivity index (χ1v) is 7.59. The summed E-state index contributed by atoms with van der Waals surface area (Å²) in [5.41, 5.74) is 1.64. The maximum Gasteiger partial charge on any atom is 0.135 e. The second-order valence-corrected chi connectivity index (χ2v) is 5.95. The minimum Gasteiger partial charge on any atom is -0.495 e. The summed E-state index contributed by atoms with van der Waals surface area (Å²) in [5.74, 6) is 0.327. The van der Waals surface area contributed by atoms with Crippen LogP contribution >= 0.6 is 31.9 Å². The fraction of sp³-hybridized carbons (Fsp3) is 0.133. The molecular weight excluding hydrogens is 403 g/mol. The van der Waals surface area contributed by atoms with Gasteiger partial charge in [-0.2, -0.15) is 5.26 Å². The number of nitriles is 1. The monoisotopic (exact) mass is 412 g/mol. The van der Waals surface area contributed by atoms with Crippen LogP contribution in [0.15, 0.2) is 39.3 Å². The molecule has 3 nitrogen and oxygen atoms in total. The van der Waals surface area contributed by atoms with Gasteiger partial charge in [0.15, 0.2) is 0 Å². The van der Waals surface area contributed by atoms with Gasteiger partial charge in [-0.25, -0.2) is 4.39 Å². The van der Waals surface area contributed by atoms with Crippen molar-refractivity contribution < 1.29 is 9.13 Å². The molecule has 0 aromatic heterocycles. The molecule has 0 aliphatic rings. The molecule has 2 aromatic rings. The van der Waals surface area contributed by atoms with E-state index in [-0.39, 0.29) is 12.4 Å². The topological polar surface area (TPSA) is 45.0 Å². The second-order valence-electron chi connectivity index (χ2n) is 4.24. The van der Waals surface area contributed by atoms with Gasteiger partial charge in [-0.05, 0) is 56.1 Å². The molecule has 0 atom stereocenters. The van der Waals surface area contributed by atoms with Crippen molar-refractivity contribution in [1.29, 1.82) is 5.26 Å². The molecule has 2 rings (SSSR count). The number of anilines is 1. The first kappa shape index (κ1) is 15.8. The molecule has 0 aliphatic carbocycles. The Morgan fingerprint density at radius 3 is 2.67 bits per heavy atom. The number of ether oxygens (including phenoxy) is 1. The quantitative estimate of drug-likeness (QED) is 0.779. The third kappa shape index (κ3) is 3.74. The summed E-state index contributed by atoms with van der Waals surface area (Å²) >= 11 is 6.83. The van der Waals surface area contributed by atoms with Crippen LogP contribution in [0.4, 0.5) is 10.1 Å². The van der Waals surface area contributed by atoms with Crippen molar-refractivity contribution in [3.63, 3.8) is 0 Å². The molecule has 0 fully saturated rings. The van der Waals surface area contributed by atoms with Gasteiger partial charge in [-0.1, -0.05) is 0 Å². The van der Waals surface area contributed by atoms with Crippen LogP contribution in [0.1, 0.15) is 11.1 Å². The number of halogens is 3. The Labute approximate surface area is 139 Å². The second kappa shape index (κ2) is 6.92. The Kier molecular flexibility index (Phi) is 5.21. The van der Waals surface area contributed by atoms with Gasteiger partial charge >= 0.3 is 0 Å². The molecule has 6 heteroatoms. The lowest BCUT2D eigenvalue weighted by Crippen LogP contribution is -2.03. The first-order valence-electron chi connectivity index (χ1n) is 6.00. The summed E-state index contributed by atoms with van der Waals surface area (Å²) in [6, 6.07) is 9.94. The molecule has 0 saturated carbocycles. The van der Waals surface area contributed by atoms with Crippen LogP contribution in [0, 0.1) is 17.1 Å². The van der Waals surface area contributed by atoms with E-state index in [1.807, 2.05) is 12.1 Å². The third-order valence-corrected chi connectivity index (χ3v) is 4.16. The fourth-order valence-electron chi connectivity index (χ4n) is 1.79. The zero-order chi connectivity index (χ0) is 15.4. The van der Waals surface area contributed by atoms with Crippen LogP contribution < -0.4 is 10.1 Å². The molecule has 0 amide bonds. The molecule has 0 bridgehead atoms. The molecular formula is C15H11Br2FN2O. The highest BCUT2D eigenvalue weighted by atomic mass is 79.9. The molecule has 0 aliphatic heterocycles. The minimum absolute atomic E-state index is 0.269. The lowest BCUT2D eigenvalue weighted by atomic mass is 10.1. The Hall–Kier alpha value is -1.58. The summed E-state index contributed by atoms with van der Waals surface area (Å²) in [6.07, 6.45) is 0. The molecule has 108 valence electrons. The van der Waals surface area contributed by atoms with Crippen LogP contribution in [-0.4, -0.2) is 7.11 Å². The van der Waals surface area contributed by atoms with E-state index in [1.165, 1.54) is 18.2 Å². The zero-order valence-electron chi connectivity index (χ0n) is 11.1. The Morgan fingerprint density at radius 1 is 1.24 bits per heavy atom. The molecule has 0 saturated heterocycles. The lowest BCUT2D eigenvalue weighted by molar-refractivity contribution is 0.412. The van der Waals surface area contributed by atoms with E-state index in [9.17, 15) is 4.39 Å². The predicted molar refractivity (Wildman–Crippen MR) is 86.8 cm³/mol. The van der Waals surface area contributed by atoms with Gasteiger partial charge in [0.2, 0.25) is 0 Å². The number of rotatable bonds is 4. The Bertz CT molecular complexity index is 714. The van der Waals surface area contributed by atoms with Gasteiger partial charge in [-0.3, -0.25) is 0 Å². The number of methoxy groups -OCH3 is 1. The summed E-state index contributed by atoms with van der Waals surface area (Å²) in [6.45, 7) is 0.269. The van der Waals surface area contributed by atoms with Crippen molar-refractivity contribution in [2.75, 3.05) is 12.4 Å². The van der Waals surface area contributed by atoms with Crippen LogP contribution in [-0.2, 0) is 6.54 Å². The van der Waals surface area contributed by atoms with Crippen LogP contribution in [0.3, 0.4) is 0 Å². The molecule has 21 heavy (non-hydrogen) atoms. The molecule has 0 heterocycles. The number of hydrogen-bond acceptors (Lipinski definition) is 3. The Morgan fingerprint density at radius 2 is 2.00 bits per heavy atom. The smallest absolute Gasteiger partial charge is 0.135 e. The predicted octanol–water partition coefficient (Wildman–Crippen LogP) is 4.84. The highest BCUT2D eigenvalue weighted by Crippen LogP contribution is 2.34. The van der Waals surface area contributed by atoms with Crippen molar-refractivity contribution in [2.24, 2.45) is 0 Å². The summed E-state index contributed by atoms with van der Waals surface area (Å²) < 4.78 is 20.6. The van der Waals surface area contributed by atoms with E-state index in [0.29, 0.717) is 16.9 Å². The average Bonchev–Trinajstić information content (AvgIpc) is 2.48. The zero-order valence-corrected chi connectivity index (χ0v) is 14.3. The third-order valence-electron chi connectivity index (χ3n) is 2.89. The highest BCUT2D eigenvalue weighted by Gasteiger charge is 2.09. The van der Waals surface area contributed by atoms with Crippen molar-refractivity contribution in [3.05, 3.63) is 56.2 Å². The fourth-order valence-corrected chi connectivity index (χ4v) is 3.09. The van der Waals surface area contributed by atoms with Gasteiger partial charge in [0, 0.05) is 22.6 Å². The van der Waals surface area contributed by atoms with Gasteiger partial charge in [0.05, 0.1) is 28.9 Å². The van der Waals surface area contributed by atoms with Gasteiger partial charge in [0.1, 0.15) is 11.6 Å². The van der Waals surface area contributed by atoms with Crippen molar-refractivity contribution in [1.82, 2.24) is 0 Å². The van der Waals surface area contributed by atoms with E-state index in [2.05, 4.69) is 37.2 Å². The van der Waals surface area contributed by atoms with Crippen molar-refractivity contribution >= 4 is 37.5 Å². The summed E-state index contributed by atoms with van der Waals surface area (Å²) in [5, 5.41) is 12.0. The number of nitrogens with one attached hydrogen (secondary N) is 1. The van der Waals surface area contributed by atoms with Gasteiger partial charge in [0.25, 0.3) is 0 Å². The largest absolute Gasteiger partial charge is 0.495 e. The minimum atomic E-state index is -0.346. The first-order chi connectivity index (χ1) is 10.0. The summed E-state index contributed by atoms with van der Waals surface area (Å²) in [7, 11) is 1.58. The maximum absolute atomic E-state index is 13.7. The Balaban J connectivity index is 2.22. The van der Waals surface area contributed by atoms with Crippen LogP contribution in [0.2, 0.25) is 0 Å². The van der Waals surface area contributed by atoms with E-state index < -0.39 is 0 Å². The van der Waals surface area contributed by atoms with E-state index in [4.69, 9.17) is 10.00 Å². The van der Waals surface area contributed by atoms with Gasteiger partial charge in [-0.15, -0.1) is 0 Å². The normalized spacial score (nSPS) is 10.0. The lowest BCUT2D eigenvalue weighted by Gasteiger charge is -2.12. The number of nitrogens with zero attached hydrogens (tertiary/aromatic N) is 1. The maximum atomic E-state index is 13.7. The molecule has 0 unspecified atom stereocenters. The molecule has 0 radical (unpaired) electrons. The van der Waals surface area contributed by atoms with Gasteiger partial charge < -0.3 is 10.1 Å². The average molecular weight is 414 g/mol. The van der Waals surface area contributed by atoms with E-state index in [0.717, 1.165) is 14.6 Å². The number of hydrogen-bond donors (Lipinski definition) is 1. The molecule has 2 aromatic carbocycles. The molecule has 1 N–H and O–H groups in total. The van der Waals surface area contributed by atoms with E-state index in [1.54, 1.807) is 13.2 Å². The van der Waals surface area contributed by atoms with Crippen LogP contribution in [0.25, 0.3) is 0 Å². The van der Waals surface area contributed by atoms with Crippen LogP contribution in [0.5, 0.6) is 5.75 Å². The van der Waals surface area contributed by atoms with Crippen molar-refractivity contribution in [2.45, 2.75) is 6.54 Å². The standard InChI is InChI=1S/C15H11Br2FN2O/c1-21-15-6-14(11(16)5-12(15)17)20-8-10-4-9(7-19)2-3-13(10)18/h2-6,20H,8H2,1H3. The summed E-state index contributed by atoms with van der Waals surface area (Å²) in [4.78, 5) is 0. The SMILES string of the molecule is COc1cc(NCc2cc(C#N)ccc2F)c(Br)cc1Br. The number of benzene rings is 2. The highest BCUT2D eigenvalue weighted by molar-refractivity contribution is 9.11. The molecule has 0 spiro atoms.